The van der Waals surface area contributed by atoms with E-state index in [9.17, 15) is 9.59 Å². The zero-order valence-electron chi connectivity index (χ0n) is 18.0. The summed E-state index contributed by atoms with van der Waals surface area (Å²) in [7, 11) is 0. The van der Waals surface area contributed by atoms with Gasteiger partial charge in [0.2, 0.25) is 5.91 Å². The molecule has 2 heterocycles. The van der Waals surface area contributed by atoms with Crippen LogP contribution in [0.1, 0.15) is 55.1 Å². The number of fused-ring (bicyclic) bond motifs is 2. The van der Waals surface area contributed by atoms with Crippen LogP contribution in [0.15, 0.2) is 48.7 Å². The third-order valence-corrected chi connectivity index (χ3v) is 5.53. The van der Waals surface area contributed by atoms with Crippen LogP contribution in [-0.4, -0.2) is 29.5 Å². The number of benzene rings is 2. The topological polar surface area (TPSA) is 69.6 Å². The maximum Gasteiger partial charge on any atom is 0.240 e. The standard InChI is InChI=1S/C25H28N2O4/c1-3-7-22(28)20-15-27(21-9-5-4-8-19(20)21)16-25(29)26-17(2)18-10-11-23-24(14-18)31-13-6-12-30-23/h4-5,8-11,14-15,17H,3,6-7,12-13,16H2,1-2H3,(H,26,29)/t17-/m1/s1. The predicted molar refractivity (Wildman–Crippen MR) is 120 cm³/mol. The fourth-order valence-electron chi connectivity index (χ4n) is 3.94. The molecule has 0 unspecified atom stereocenters. The van der Waals surface area contributed by atoms with E-state index in [0.717, 1.165) is 35.1 Å². The summed E-state index contributed by atoms with van der Waals surface area (Å²) in [4.78, 5) is 25.3. The van der Waals surface area contributed by atoms with Gasteiger partial charge in [0, 0.05) is 35.5 Å². The van der Waals surface area contributed by atoms with Crippen LogP contribution in [0.3, 0.4) is 0 Å². The minimum atomic E-state index is -0.187. The summed E-state index contributed by atoms with van der Waals surface area (Å²) in [6, 6.07) is 13.3. The highest BCUT2D eigenvalue weighted by Gasteiger charge is 2.18. The lowest BCUT2D eigenvalue weighted by Gasteiger charge is -2.17. The van der Waals surface area contributed by atoms with Gasteiger partial charge in [-0.05, 0) is 37.1 Å². The Morgan fingerprint density at radius 3 is 2.68 bits per heavy atom. The lowest BCUT2D eigenvalue weighted by Crippen LogP contribution is -2.30. The number of hydrogen-bond donors (Lipinski definition) is 1. The average molecular weight is 421 g/mol. The first-order chi connectivity index (χ1) is 15.1. The van der Waals surface area contributed by atoms with Crippen LogP contribution in [0.4, 0.5) is 0 Å². The number of nitrogens with one attached hydrogen (secondary N) is 1. The highest BCUT2D eigenvalue weighted by Crippen LogP contribution is 2.32. The van der Waals surface area contributed by atoms with Crippen LogP contribution in [0.5, 0.6) is 11.5 Å². The summed E-state index contributed by atoms with van der Waals surface area (Å²) in [5, 5.41) is 3.95. The third kappa shape index (κ3) is 4.58. The van der Waals surface area contributed by atoms with Crippen molar-refractivity contribution in [2.45, 2.75) is 45.7 Å². The Morgan fingerprint density at radius 2 is 1.87 bits per heavy atom. The second-order valence-electron chi connectivity index (χ2n) is 7.91. The van der Waals surface area contributed by atoms with Gasteiger partial charge in [0.25, 0.3) is 0 Å². The molecule has 162 valence electrons. The molecule has 1 aliphatic heterocycles. The number of carbonyl (C=O) groups is 2. The van der Waals surface area contributed by atoms with Crippen molar-refractivity contribution < 1.29 is 19.1 Å². The molecule has 1 atom stereocenters. The van der Waals surface area contributed by atoms with E-state index in [1.54, 1.807) is 6.20 Å². The molecule has 0 spiro atoms. The van der Waals surface area contributed by atoms with Crippen LogP contribution in [0.25, 0.3) is 10.9 Å². The molecule has 0 fully saturated rings. The first kappa shape index (κ1) is 21.0. The normalized spacial score (nSPS) is 14.1. The van der Waals surface area contributed by atoms with Gasteiger partial charge < -0.3 is 19.4 Å². The van der Waals surface area contributed by atoms with Crippen LogP contribution < -0.4 is 14.8 Å². The molecule has 31 heavy (non-hydrogen) atoms. The van der Waals surface area contributed by atoms with Gasteiger partial charge in [-0.3, -0.25) is 9.59 Å². The van der Waals surface area contributed by atoms with Gasteiger partial charge >= 0.3 is 0 Å². The molecule has 1 aliphatic rings. The summed E-state index contributed by atoms with van der Waals surface area (Å²) in [6.45, 7) is 5.35. The molecule has 6 heteroatoms. The number of ketones is 1. The van der Waals surface area contributed by atoms with Gasteiger partial charge in [0.1, 0.15) is 6.54 Å². The molecule has 6 nitrogen and oxygen atoms in total. The Morgan fingerprint density at radius 1 is 1.10 bits per heavy atom. The highest BCUT2D eigenvalue weighted by molar-refractivity contribution is 6.08. The molecule has 1 N–H and O–H groups in total. The van der Waals surface area contributed by atoms with Crippen molar-refractivity contribution in [2.75, 3.05) is 13.2 Å². The molecular formula is C25H28N2O4. The summed E-state index contributed by atoms with van der Waals surface area (Å²) < 4.78 is 13.3. The Bertz CT molecular complexity index is 1100. The number of carbonyl (C=O) groups excluding carboxylic acids is 2. The molecule has 0 bridgehead atoms. The number of ether oxygens (including phenoxy) is 2. The molecular weight excluding hydrogens is 392 g/mol. The van der Waals surface area contributed by atoms with Crippen molar-refractivity contribution in [3.8, 4) is 11.5 Å². The minimum absolute atomic E-state index is 0.110. The van der Waals surface area contributed by atoms with E-state index in [0.29, 0.717) is 30.9 Å². The average Bonchev–Trinajstić information content (AvgIpc) is 2.96. The van der Waals surface area contributed by atoms with Crippen molar-refractivity contribution in [1.82, 2.24) is 9.88 Å². The largest absolute Gasteiger partial charge is 0.490 e. The number of amides is 1. The lowest BCUT2D eigenvalue weighted by atomic mass is 10.1. The molecule has 0 saturated heterocycles. The highest BCUT2D eigenvalue weighted by atomic mass is 16.5. The molecule has 1 amide bonds. The number of aromatic nitrogens is 1. The summed E-state index contributed by atoms with van der Waals surface area (Å²) in [5.74, 6) is 1.45. The third-order valence-electron chi connectivity index (χ3n) is 5.53. The minimum Gasteiger partial charge on any atom is -0.490 e. The molecule has 3 aromatic rings. The first-order valence-corrected chi connectivity index (χ1v) is 10.9. The lowest BCUT2D eigenvalue weighted by molar-refractivity contribution is -0.122. The fourth-order valence-corrected chi connectivity index (χ4v) is 3.94. The maximum atomic E-state index is 12.8. The number of rotatable bonds is 7. The summed E-state index contributed by atoms with van der Waals surface area (Å²) >= 11 is 0. The van der Waals surface area contributed by atoms with E-state index >= 15 is 0 Å². The predicted octanol–water partition coefficient (Wildman–Crippen LogP) is 4.66. The van der Waals surface area contributed by atoms with Gasteiger partial charge in [-0.2, -0.15) is 0 Å². The van der Waals surface area contributed by atoms with E-state index < -0.39 is 0 Å². The maximum absolute atomic E-state index is 12.8. The zero-order chi connectivity index (χ0) is 21.8. The number of Topliss-reactive ketones (excluding diaryl/α,β-unsaturated/α-hetero) is 1. The van der Waals surface area contributed by atoms with Gasteiger partial charge in [-0.15, -0.1) is 0 Å². The van der Waals surface area contributed by atoms with Crippen molar-refractivity contribution in [3.05, 3.63) is 59.8 Å². The van der Waals surface area contributed by atoms with Gasteiger partial charge in [0.15, 0.2) is 17.3 Å². The van der Waals surface area contributed by atoms with Crippen molar-refractivity contribution in [1.29, 1.82) is 0 Å². The zero-order valence-corrected chi connectivity index (χ0v) is 18.0. The number of para-hydroxylation sites is 1. The molecule has 4 rings (SSSR count). The van der Waals surface area contributed by atoms with Crippen LogP contribution >= 0.6 is 0 Å². The van der Waals surface area contributed by atoms with Crippen LogP contribution in [-0.2, 0) is 11.3 Å². The smallest absolute Gasteiger partial charge is 0.240 e. The van der Waals surface area contributed by atoms with E-state index in [4.69, 9.17) is 9.47 Å². The Balaban J connectivity index is 1.49. The van der Waals surface area contributed by atoms with Gasteiger partial charge in [0.05, 0.1) is 19.3 Å². The van der Waals surface area contributed by atoms with Crippen LogP contribution in [0.2, 0.25) is 0 Å². The quantitative estimate of drug-likeness (QED) is 0.564. The summed E-state index contributed by atoms with van der Waals surface area (Å²) in [6.07, 6.45) is 3.96. The first-order valence-electron chi connectivity index (χ1n) is 10.9. The van der Waals surface area contributed by atoms with Crippen molar-refractivity contribution >= 4 is 22.6 Å². The van der Waals surface area contributed by atoms with E-state index in [1.807, 2.05) is 60.9 Å². The van der Waals surface area contributed by atoms with Gasteiger partial charge in [-0.25, -0.2) is 0 Å². The SMILES string of the molecule is CCCC(=O)c1cn(CC(=O)N[C@H](C)c2ccc3c(c2)OCCCO3)c2ccccc12. The number of nitrogens with zero attached hydrogens (tertiary/aromatic N) is 1. The fraction of sp³-hybridized carbons (Fsp3) is 0.360. The van der Waals surface area contributed by atoms with Gasteiger partial charge in [-0.1, -0.05) is 31.2 Å². The molecule has 0 saturated carbocycles. The van der Waals surface area contributed by atoms with Crippen LogP contribution in [0, 0.1) is 0 Å². The van der Waals surface area contributed by atoms with Crippen molar-refractivity contribution in [2.24, 2.45) is 0 Å². The monoisotopic (exact) mass is 420 g/mol. The Labute approximate surface area is 182 Å². The van der Waals surface area contributed by atoms with Crippen molar-refractivity contribution in [3.63, 3.8) is 0 Å². The van der Waals surface area contributed by atoms with E-state index in [-0.39, 0.29) is 24.3 Å². The summed E-state index contributed by atoms with van der Waals surface area (Å²) in [5.41, 5.74) is 2.52. The Kier molecular flexibility index (Phi) is 6.26. The molecule has 0 radical (unpaired) electrons. The Hall–Kier alpha value is -3.28. The van der Waals surface area contributed by atoms with E-state index in [1.165, 1.54) is 0 Å². The number of hydrogen-bond acceptors (Lipinski definition) is 4. The molecule has 1 aromatic heterocycles. The second-order valence-corrected chi connectivity index (χ2v) is 7.91. The molecule has 0 aliphatic carbocycles. The molecule has 2 aromatic carbocycles. The van der Waals surface area contributed by atoms with E-state index in [2.05, 4.69) is 5.32 Å². The second kappa shape index (κ2) is 9.25.